The average molecular weight is 422 g/mol. The summed E-state index contributed by atoms with van der Waals surface area (Å²) in [6.07, 6.45) is 2.59. The molecule has 0 fully saturated rings. The van der Waals surface area contributed by atoms with Crippen molar-refractivity contribution < 1.29 is 5.11 Å². The van der Waals surface area contributed by atoms with Gasteiger partial charge >= 0.3 is 0 Å². The van der Waals surface area contributed by atoms with E-state index < -0.39 is 0 Å². The second-order valence-electron chi connectivity index (χ2n) is 6.23. The lowest BCUT2D eigenvalue weighted by Gasteiger charge is -2.22. The molecule has 3 nitrogen and oxygen atoms in total. The van der Waals surface area contributed by atoms with Crippen molar-refractivity contribution in [1.29, 1.82) is 0 Å². The smallest absolute Gasteiger partial charge is 0.131 e. The van der Waals surface area contributed by atoms with Crippen molar-refractivity contribution in [3.8, 4) is 5.75 Å². The van der Waals surface area contributed by atoms with E-state index in [1.165, 1.54) is 0 Å². The first kappa shape index (κ1) is 18.3. The van der Waals surface area contributed by atoms with Crippen LogP contribution in [-0.4, -0.2) is 35.5 Å². The van der Waals surface area contributed by atoms with Crippen molar-refractivity contribution in [2.24, 2.45) is 4.99 Å². The number of nitrogens with zero attached hydrogens (tertiary/aromatic N) is 2. The first-order valence-electron chi connectivity index (χ1n) is 8.64. The molecule has 1 N–H and O–H groups in total. The summed E-state index contributed by atoms with van der Waals surface area (Å²) in [5, 5.41) is 10.9. The Balaban J connectivity index is 1.88. The zero-order valence-corrected chi connectivity index (χ0v) is 16.6. The minimum Gasteiger partial charge on any atom is -0.508 e. The van der Waals surface area contributed by atoms with Gasteiger partial charge in [0, 0.05) is 28.1 Å². The summed E-state index contributed by atoms with van der Waals surface area (Å²) in [6, 6.07) is 11.5. The van der Waals surface area contributed by atoms with E-state index in [4.69, 9.17) is 16.6 Å². The SMILES string of the molecule is CCCN1CCN=C1c1cccc(Cl)c1CCc1cc(Br)ccc1O. The summed E-state index contributed by atoms with van der Waals surface area (Å²) >= 11 is 9.99. The van der Waals surface area contributed by atoms with Gasteiger partial charge in [-0.15, -0.1) is 0 Å². The Hall–Kier alpha value is -1.52. The lowest BCUT2D eigenvalue weighted by molar-refractivity contribution is 0.456. The Morgan fingerprint density at radius 3 is 2.88 bits per heavy atom. The minimum absolute atomic E-state index is 0.322. The van der Waals surface area contributed by atoms with Crippen molar-refractivity contribution >= 4 is 33.4 Å². The van der Waals surface area contributed by atoms with Crippen LogP contribution >= 0.6 is 27.5 Å². The van der Waals surface area contributed by atoms with E-state index >= 15 is 0 Å². The standard InChI is InChI=1S/C20H22BrClN2O/c1-2-11-24-12-10-23-20(24)17-4-3-5-18(22)16(17)8-6-14-13-15(21)7-9-19(14)25/h3-5,7,9,13,25H,2,6,8,10-12H2,1H3. The normalized spacial score (nSPS) is 14.0. The average Bonchev–Trinajstić information content (AvgIpc) is 3.05. The number of phenolic OH excluding ortho intramolecular Hbond substituents is 1. The highest BCUT2D eigenvalue weighted by atomic mass is 79.9. The number of aromatic hydroxyl groups is 1. The Morgan fingerprint density at radius 1 is 1.24 bits per heavy atom. The van der Waals surface area contributed by atoms with Gasteiger partial charge in [0.1, 0.15) is 11.6 Å². The molecule has 0 atom stereocenters. The van der Waals surface area contributed by atoms with Gasteiger partial charge in [0.2, 0.25) is 0 Å². The van der Waals surface area contributed by atoms with Crippen LogP contribution in [0.3, 0.4) is 0 Å². The van der Waals surface area contributed by atoms with Gasteiger partial charge in [0.15, 0.2) is 0 Å². The van der Waals surface area contributed by atoms with E-state index in [0.717, 1.165) is 70.9 Å². The third kappa shape index (κ3) is 4.18. The second kappa shape index (κ2) is 8.24. The van der Waals surface area contributed by atoms with E-state index in [2.05, 4.69) is 33.8 Å². The zero-order valence-electron chi connectivity index (χ0n) is 14.3. The molecule has 2 aromatic carbocycles. The maximum Gasteiger partial charge on any atom is 0.131 e. The fraction of sp³-hybridized carbons (Fsp3) is 0.350. The van der Waals surface area contributed by atoms with Gasteiger partial charge in [-0.3, -0.25) is 4.99 Å². The number of amidine groups is 1. The van der Waals surface area contributed by atoms with Gasteiger partial charge in [-0.25, -0.2) is 0 Å². The molecule has 1 aliphatic rings. The number of halogens is 2. The van der Waals surface area contributed by atoms with Gasteiger partial charge < -0.3 is 10.0 Å². The predicted octanol–water partition coefficient (Wildman–Crippen LogP) is 5.07. The van der Waals surface area contributed by atoms with Crippen molar-refractivity contribution in [3.05, 3.63) is 62.6 Å². The maximum absolute atomic E-state index is 10.1. The van der Waals surface area contributed by atoms with Crippen molar-refractivity contribution in [1.82, 2.24) is 4.90 Å². The fourth-order valence-electron chi connectivity index (χ4n) is 3.26. The number of aryl methyl sites for hydroxylation is 1. The summed E-state index contributed by atoms with van der Waals surface area (Å²) in [5.74, 6) is 1.38. The van der Waals surface area contributed by atoms with E-state index in [9.17, 15) is 5.11 Å². The molecule has 0 saturated carbocycles. The van der Waals surface area contributed by atoms with E-state index in [-0.39, 0.29) is 0 Å². The first-order valence-corrected chi connectivity index (χ1v) is 9.81. The summed E-state index contributed by atoms with van der Waals surface area (Å²) < 4.78 is 0.967. The van der Waals surface area contributed by atoms with Gasteiger partial charge in [0.05, 0.1) is 6.54 Å². The molecule has 132 valence electrons. The van der Waals surface area contributed by atoms with Crippen LogP contribution in [0.2, 0.25) is 5.02 Å². The first-order chi connectivity index (χ1) is 12.1. The second-order valence-corrected chi connectivity index (χ2v) is 7.55. The molecule has 0 saturated heterocycles. The van der Waals surface area contributed by atoms with E-state index in [1.54, 1.807) is 6.07 Å². The molecule has 1 aliphatic heterocycles. The number of aliphatic imine (C=N–C) groups is 1. The van der Waals surface area contributed by atoms with Gasteiger partial charge in [-0.2, -0.15) is 0 Å². The molecule has 5 heteroatoms. The number of benzene rings is 2. The van der Waals surface area contributed by atoms with Crippen molar-refractivity contribution in [2.75, 3.05) is 19.6 Å². The fourth-order valence-corrected chi connectivity index (χ4v) is 3.94. The van der Waals surface area contributed by atoms with Crippen LogP contribution < -0.4 is 0 Å². The predicted molar refractivity (Wildman–Crippen MR) is 108 cm³/mol. The van der Waals surface area contributed by atoms with E-state index in [1.807, 2.05) is 24.3 Å². The van der Waals surface area contributed by atoms with Gasteiger partial charge in [-0.05, 0) is 54.7 Å². The van der Waals surface area contributed by atoms with Crippen LogP contribution in [0, 0.1) is 0 Å². The highest BCUT2D eigenvalue weighted by Crippen LogP contribution is 2.28. The molecule has 0 spiro atoms. The van der Waals surface area contributed by atoms with Crippen LogP contribution in [0.1, 0.15) is 30.0 Å². The number of hydrogen-bond donors (Lipinski definition) is 1. The quantitative estimate of drug-likeness (QED) is 0.707. The Kier molecular flexibility index (Phi) is 6.02. The molecule has 0 unspecified atom stereocenters. The summed E-state index contributed by atoms with van der Waals surface area (Å²) in [6.45, 7) is 5.01. The molecule has 0 amide bonds. The van der Waals surface area contributed by atoms with Crippen LogP contribution in [0.25, 0.3) is 0 Å². The molecule has 2 aromatic rings. The summed E-state index contributed by atoms with van der Waals surface area (Å²) in [4.78, 5) is 7.06. The Bertz CT molecular complexity index is 791. The molecule has 1 heterocycles. The van der Waals surface area contributed by atoms with Crippen LogP contribution in [0.15, 0.2) is 45.9 Å². The van der Waals surface area contributed by atoms with E-state index in [0.29, 0.717) is 5.75 Å². The zero-order chi connectivity index (χ0) is 17.8. The van der Waals surface area contributed by atoms with Crippen molar-refractivity contribution in [3.63, 3.8) is 0 Å². The Labute approximate surface area is 162 Å². The summed E-state index contributed by atoms with van der Waals surface area (Å²) in [5.41, 5.74) is 3.14. The number of hydrogen-bond acceptors (Lipinski definition) is 3. The Morgan fingerprint density at radius 2 is 2.08 bits per heavy atom. The number of phenols is 1. The largest absolute Gasteiger partial charge is 0.508 e. The highest BCUT2D eigenvalue weighted by molar-refractivity contribution is 9.10. The summed E-state index contributed by atoms with van der Waals surface area (Å²) in [7, 11) is 0. The topological polar surface area (TPSA) is 35.8 Å². The third-order valence-corrected chi connectivity index (χ3v) is 5.32. The monoisotopic (exact) mass is 420 g/mol. The van der Waals surface area contributed by atoms with Gasteiger partial charge in [-0.1, -0.05) is 46.6 Å². The maximum atomic E-state index is 10.1. The molecule has 0 radical (unpaired) electrons. The molecule has 3 rings (SSSR count). The van der Waals surface area contributed by atoms with Gasteiger partial charge in [0.25, 0.3) is 0 Å². The third-order valence-electron chi connectivity index (χ3n) is 4.47. The lowest BCUT2D eigenvalue weighted by atomic mass is 9.98. The molecular weight excluding hydrogens is 400 g/mol. The van der Waals surface area contributed by atoms with Crippen LogP contribution in [0.4, 0.5) is 0 Å². The lowest BCUT2D eigenvalue weighted by Crippen LogP contribution is -2.30. The molecule has 0 bridgehead atoms. The van der Waals surface area contributed by atoms with Crippen molar-refractivity contribution in [2.45, 2.75) is 26.2 Å². The minimum atomic E-state index is 0.322. The number of rotatable bonds is 6. The van der Waals surface area contributed by atoms with Crippen LogP contribution in [-0.2, 0) is 12.8 Å². The molecule has 0 aliphatic carbocycles. The molecule has 25 heavy (non-hydrogen) atoms. The molecular formula is C20H22BrClN2O. The highest BCUT2D eigenvalue weighted by Gasteiger charge is 2.21. The van der Waals surface area contributed by atoms with Crippen LogP contribution in [0.5, 0.6) is 5.75 Å². The molecule has 0 aromatic heterocycles.